The van der Waals surface area contributed by atoms with Gasteiger partial charge in [0, 0.05) is 30.6 Å². The topological polar surface area (TPSA) is 131 Å². The molecular formula is C62H74ClNO7. The molecule has 8 nitrogen and oxygen atoms in total. The van der Waals surface area contributed by atoms with E-state index in [1.165, 1.54) is 39.0 Å². The highest BCUT2D eigenvalue weighted by Crippen LogP contribution is 2.31. The maximum atomic E-state index is 11.8. The Hall–Kier alpha value is -6.58. The number of aliphatic hydroxyl groups is 2. The molecule has 0 spiro atoms. The number of allylic oxidation sites excluding steroid dienone is 6. The van der Waals surface area contributed by atoms with Gasteiger partial charge in [0.05, 0.1) is 12.3 Å². The SMILES string of the molecule is C1=Cc2ccccc2C1.CC.CC.CC.CC.CCOC(=O)C(=O)C1=CCc2ccccc21.O=C(Cl)C(=O)C1=CCc2ccccc21.OCCC1=CCc2ccccc21.OCCC1=CCc2cccnc21. The summed E-state index contributed by atoms with van der Waals surface area (Å²) in [6, 6.07) is 36.0. The summed E-state index contributed by atoms with van der Waals surface area (Å²) in [4.78, 5) is 49.4. The van der Waals surface area contributed by atoms with Gasteiger partial charge in [-0.25, -0.2) is 4.79 Å². The lowest BCUT2D eigenvalue weighted by Gasteiger charge is -2.04. The summed E-state index contributed by atoms with van der Waals surface area (Å²) >= 11 is 5.15. The molecule has 10 rings (SSSR count). The van der Waals surface area contributed by atoms with Crippen molar-refractivity contribution in [1.82, 2.24) is 4.98 Å². The minimum absolute atomic E-state index is 0.210. The van der Waals surface area contributed by atoms with Crippen LogP contribution in [-0.2, 0) is 56.0 Å². The van der Waals surface area contributed by atoms with Crippen molar-refractivity contribution in [2.45, 2.75) is 107 Å². The Morgan fingerprint density at radius 3 is 1.49 bits per heavy atom. The van der Waals surface area contributed by atoms with Gasteiger partial charge in [-0.3, -0.25) is 19.4 Å². The second-order valence-electron chi connectivity index (χ2n) is 14.9. The first-order chi connectivity index (χ1) is 34.7. The van der Waals surface area contributed by atoms with Crippen molar-refractivity contribution in [3.8, 4) is 0 Å². The zero-order chi connectivity index (χ0) is 52.6. The van der Waals surface area contributed by atoms with Crippen LogP contribution in [0.2, 0.25) is 0 Å². The average molecular weight is 981 g/mol. The molecule has 376 valence electrons. The van der Waals surface area contributed by atoms with E-state index in [9.17, 15) is 19.2 Å². The number of carbonyl (C=O) groups excluding carboxylic acids is 4. The van der Waals surface area contributed by atoms with Crippen molar-refractivity contribution >= 4 is 62.7 Å². The standard InChI is InChI=1S/C13H12O3.C11H7ClO2.C11H12O.C10H11NO.C9H8.4C2H6/c1-2-16-13(15)12(14)11-8-7-9-5-3-4-6-10(9)11;12-11(14)10(13)9-6-5-7-3-1-2-4-8(7)9;12-8-7-10-6-5-9-3-1-2-4-11(9)10;12-7-5-9-4-3-8-2-1-6-11-10(8)9;1-2-5-9-7-3-6-8(9)4-1;4*1-2/h3-6,8H,2,7H2,1H3;1-4,6H,5H2;1-4,6,12H,5,7-8H2;1-2,4,6,12H,3,5,7H2;1-6H,7H2;4*1-2H3. The third-order valence-corrected chi connectivity index (χ3v) is 11.1. The number of nitrogens with zero attached hydrogens (tertiary/aromatic N) is 1. The molecule has 0 atom stereocenters. The largest absolute Gasteiger partial charge is 0.460 e. The van der Waals surface area contributed by atoms with Crippen LogP contribution in [0.4, 0.5) is 0 Å². The lowest BCUT2D eigenvalue weighted by atomic mass is 10.0. The Kier molecular flexibility index (Phi) is 29.6. The number of esters is 1. The van der Waals surface area contributed by atoms with Crippen LogP contribution >= 0.6 is 11.6 Å². The number of pyridine rings is 1. The maximum absolute atomic E-state index is 11.8. The summed E-state index contributed by atoms with van der Waals surface area (Å²) in [5.41, 5.74) is 15.1. The summed E-state index contributed by atoms with van der Waals surface area (Å²) in [6.45, 7) is 18.4. The molecular weight excluding hydrogens is 906 g/mol. The van der Waals surface area contributed by atoms with Crippen LogP contribution in [-0.4, -0.2) is 57.8 Å². The molecule has 1 heterocycles. The zero-order valence-corrected chi connectivity index (χ0v) is 44.0. The predicted molar refractivity (Wildman–Crippen MR) is 296 cm³/mol. The monoisotopic (exact) mass is 980 g/mol. The van der Waals surface area contributed by atoms with Crippen LogP contribution < -0.4 is 0 Å². The van der Waals surface area contributed by atoms with E-state index in [4.69, 9.17) is 26.6 Å². The Balaban J connectivity index is 0.000000296. The minimum Gasteiger partial charge on any atom is -0.460 e. The smallest absolute Gasteiger partial charge is 0.379 e. The Labute approximate surface area is 428 Å². The highest BCUT2D eigenvalue weighted by molar-refractivity contribution is 6.86. The maximum Gasteiger partial charge on any atom is 0.379 e. The average Bonchev–Trinajstić information content (AvgIpc) is 4.31. The fraction of sp³-hybridized carbons (Fsp3) is 0.306. The van der Waals surface area contributed by atoms with Gasteiger partial charge in [-0.15, -0.1) is 0 Å². The molecule has 5 aliphatic rings. The van der Waals surface area contributed by atoms with Gasteiger partial charge < -0.3 is 14.9 Å². The number of hydrogen-bond donors (Lipinski definition) is 2. The number of benzene rings is 4. The van der Waals surface area contributed by atoms with Crippen molar-refractivity contribution in [3.05, 3.63) is 202 Å². The van der Waals surface area contributed by atoms with Crippen molar-refractivity contribution in [2.24, 2.45) is 0 Å². The van der Waals surface area contributed by atoms with E-state index in [-0.39, 0.29) is 19.8 Å². The number of carbonyl (C=O) groups is 4. The molecule has 0 saturated heterocycles. The molecule has 1 aromatic heterocycles. The van der Waals surface area contributed by atoms with Gasteiger partial charge in [0.15, 0.2) is 0 Å². The van der Waals surface area contributed by atoms with Gasteiger partial charge in [0.2, 0.25) is 5.78 Å². The van der Waals surface area contributed by atoms with Crippen molar-refractivity contribution in [1.29, 1.82) is 0 Å². The second-order valence-corrected chi connectivity index (χ2v) is 15.2. The molecule has 0 fully saturated rings. The quantitative estimate of drug-likeness (QED) is 0.0848. The van der Waals surface area contributed by atoms with E-state index in [1.54, 1.807) is 25.3 Å². The summed E-state index contributed by atoms with van der Waals surface area (Å²) in [5.74, 6) is -1.94. The molecule has 0 bridgehead atoms. The highest BCUT2D eigenvalue weighted by atomic mass is 35.5. The molecule has 9 heteroatoms. The molecule has 5 aromatic rings. The molecule has 0 saturated carbocycles. The van der Waals surface area contributed by atoms with Crippen molar-refractivity contribution in [2.75, 3.05) is 19.8 Å². The Bertz CT molecular complexity index is 2570. The van der Waals surface area contributed by atoms with Gasteiger partial charge >= 0.3 is 5.97 Å². The molecule has 4 aromatic carbocycles. The molecule has 5 aliphatic carbocycles. The summed E-state index contributed by atoms with van der Waals surface area (Å²) < 4.78 is 4.70. The van der Waals surface area contributed by atoms with Crippen molar-refractivity contribution < 1.29 is 34.1 Å². The first-order valence-electron chi connectivity index (χ1n) is 25.1. The molecule has 0 radical (unpaired) electrons. The molecule has 0 unspecified atom stereocenters. The lowest BCUT2D eigenvalue weighted by molar-refractivity contribution is -0.150. The lowest BCUT2D eigenvalue weighted by Crippen LogP contribution is -2.18. The predicted octanol–water partition coefficient (Wildman–Crippen LogP) is 13.5. The Morgan fingerprint density at radius 2 is 0.958 bits per heavy atom. The van der Waals surface area contributed by atoms with Gasteiger partial charge in [-0.1, -0.05) is 195 Å². The number of fused-ring (bicyclic) bond motifs is 5. The van der Waals surface area contributed by atoms with E-state index in [0.717, 1.165) is 60.1 Å². The number of Topliss-reactive ketones (excluding diaryl/α,β-unsaturated/α-hetero) is 2. The van der Waals surface area contributed by atoms with Crippen LogP contribution in [0.1, 0.15) is 131 Å². The van der Waals surface area contributed by atoms with Gasteiger partial charge in [0.25, 0.3) is 11.0 Å². The molecule has 0 aliphatic heterocycles. The van der Waals surface area contributed by atoms with E-state index >= 15 is 0 Å². The van der Waals surface area contributed by atoms with Crippen LogP contribution in [0.3, 0.4) is 0 Å². The van der Waals surface area contributed by atoms with E-state index in [1.807, 2.05) is 110 Å². The first kappa shape index (κ1) is 60.5. The van der Waals surface area contributed by atoms with Crippen molar-refractivity contribution in [3.63, 3.8) is 0 Å². The molecule has 71 heavy (non-hydrogen) atoms. The van der Waals surface area contributed by atoms with Crippen LogP contribution in [0.25, 0.3) is 28.4 Å². The number of halogens is 1. The minimum atomic E-state index is -0.923. The van der Waals surface area contributed by atoms with E-state index < -0.39 is 22.8 Å². The van der Waals surface area contributed by atoms with E-state index in [2.05, 4.69) is 83.9 Å². The fourth-order valence-electron chi connectivity index (χ4n) is 7.88. The normalized spacial score (nSPS) is 12.5. The number of aliphatic hydroxyl groups excluding tert-OH is 2. The highest BCUT2D eigenvalue weighted by Gasteiger charge is 2.26. The fourth-order valence-corrected chi connectivity index (χ4v) is 7.98. The van der Waals surface area contributed by atoms with Gasteiger partial charge in [0.1, 0.15) is 0 Å². The first-order valence-corrected chi connectivity index (χ1v) is 25.5. The van der Waals surface area contributed by atoms with Crippen LogP contribution in [0.15, 0.2) is 146 Å². The number of aromatic nitrogens is 1. The van der Waals surface area contributed by atoms with Gasteiger partial charge in [-0.2, -0.15) is 0 Å². The van der Waals surface area contributed by atoms with Crippen LogP contribution in [0, 0.1) is 0 Å². The summed E-state index contributed by atoms with van der Waals surface area (Å²) in [5, 5.41) is 16.7. The Morgan fingerprint density at radius 1 is 0.521 bits per heavy atom. The zero-order valence-electron chi connectivity index (χ0n) is 43.3. The number of rotatable bonds is 9. The third-order valence-electron chi connectivity index (χ3n) is 10.9. The summed E-state index contributed by atoms with van der Waals surface area (Å²) in [7, 11) is 0. The second kappa shape index (κ2) is 34.7. The summed E-state index contributed by atoms with van der Waals surface area (Å²) in [6.07, 6.45) is 20.1. The number of ketones is 2. The van der Waals surface area contributed by atoms with Gasteiger partial charge in [-0.05, 0) is 131 Å². The van der Waals surface area contributed by atoms with Crippen LogP contribution in [0.5, 0.6) is 0 Å². The molecule has 2 N–H and O–H groups in total. The van der Waals surface area contributed by atoms with E-state index in [0.29, 0.717) is 24.0 Å². The molecule has 0 amide bonds. The number of hydrogen-bond acceptors (Lipinski definition) is 8. The third kappa shape index (κ3) is 18.0. The number of ether oxygens (including phenoxy) is 1.